The van der Waals surface area contributed by atoms with E-state index in [2.05, 4.69) is 17.2 Å². The van der Waals surface area contributed by atoms with Gasteiger partial charge in [0.25, 0.3) is 0 Å². The molecule has 3 aliphatic heterocycles. The Labute approximate surface area is 407 Å². The molecule has 4 aliphatic rings. The third-order valence-electron chi connectivity index (χ3n) is 14.0. The van der Waals surface area contributed by atoms with Crippen molar-refractivity contribution in [2.45, 2.75) is 79.9 Å². The Kier molecular flexibility index (Phi) is 14.5. The number of carbonyl (C=O) groups excluding carboxylic acids is 4. The Balaban J connectivity index is 1.33. The van der Waals surface area contributed by atoms with Gasteiger partial charge in [-0.3, -0.25) is 19.3 Å². The molecule has 362 valence electrons. The molecule has 1 spiro atoms. The minimum atomic E-state index is -2.15. The molecule has 3 fully saturated rings. The summed E-state index contributed by atoms with van der Waals surface area (Å²) >= 11 is 0. The average Bonchev–Trinajstić information content (AvgIpc) is 3.73. The Morgan fingerprint density at radius 1 is 0.800 bits per heavy atom. The van der Waals surface area contributed by atoms with Gasteiger partial charge >= 0.3 is 12.1 Å². The number of hydrogen-bond acceptors (Lipinski definition) is 12. The van der Waals surface area contributed by atoms with E-state index in [1.165, 1.54) is 7.11 Å². The van der Waals surface area contributed by atoms with E-state index in [9.17, 15) is 20.1 Å². The van der Waals surface area contributed by atoms with Crippen molar-refractivity contribution < 1.29 is 53.4 Å². The first kappa shape index (κ1) is 48.2. The van der Waals surface area contributed by atoms with Gasteiger partial charge in [0.15, 0.2) is 0 Å². The van der Waals surface area contributed by atoms with Gasteiger partial charge in [-0.25, -0.2) is 9.69 Å². The van der Waals surface area contributed by atoms with Crippen LogP contribution in [0, 0.1) is 17.8 Å². The number of aliphatic hydroxyl groups is 3. The number of hydrogen-bond donors (Lipinski definition) is 4. The van der Waals surface area contributed by atoms with Gasteiger partial charge in [0.05, 0.1) is 43.0 Å². The molecule has 9 rings (SSSR count). The Morgan fingerprint density at radius 3 is 2.16 bits per heavy atom. The maximum absolute atomic E-state index is 16.5. The van der Waals surface area contributed by atoms with Crippen LogP contribution in [-0.4, -0.2) is 95.8 Å². The van der Waals surface area contributed by atoms with Crippen LogP contribution < -0.4 is 15.0 Å². The standard InChI is InChI=1S/C56H57N3O11/c1-67-32-33-69-54(65)58-44-25-24-37(26-29-55(66)27-13-2-3-14-28-55)34-43(44)56(53(58)64)46(51(62)57-36-45(61)38-16-7-4-8-17-38)48-52(63)70-49(40-20-11-6-12-21-40)47(39-18-9-5-10-19-39)59(48)50(56)41-22-15-23-42(35-41)68-31-30-60/h4-12,15-25,34-35,45-50,60-61,66H,2-3,13-14,27-28,30-33,36H2,1H3,(H,57,62). The summed E-state index contributed by atoms with van der Waals surface area (Å²) in [5.41, 5.74) is -0.354. The minimum absolute atomic E-state index is 0.0303. The maximum Gasteiger partial charge on any atom is 0.421 e. The predicted octanol–water partition coefficient (Wildman–Crippen LogP) is 6.79. The van der Waals surface area contributed by atoms with Gasteiger partial charge in [0.2, 0.25) is 11.8 Å². The highest BCUT2D eigenvalue weighted by Crippen LogP contribution is 2.66. The van der Waals surface area contributed by atoms with E-state index < -0.39 is 71.1 Å². The molecule has 14 nitrogen and oxygen atoms in total. The monoisotopic (exact) mass is 947 g/mol. The number of esters is 1. The molecule has 0 aromatic heterocycles. The van der Waals surface area contributed by atoms with E-state index >= 15 is 14.4 Å². The quantitative estimate of drug-likeness (QED) is 0.0420. The number of anilines is 1. The highest BCUT2D eigenvalue weighted by Gasteiger charge is 2.76. The maximum atomic E-state index is 16.5. The van der Waals surface area contributed by atoms with Crippen LogP contribution in [0.4, 0.5) is 10.5 Å². The highest BCUT2D eigenvalue weighted by atomic mass is 16.6. The first-order valence-corrected chi connectivity index (χ1v) is 23.9. The number of aliphatic hydroxyl groups excluding tert-OH is 2. The van der Waals surface area contributed by atoms with E-state index in [1.807, 2.05) is 65.6 Å². The van der Waals surface area contributed by atoms with Gasteiger partial charge in [-0.15, -0.1) is 0 Å². The molecule has 1 saturated carbocycles. The summed E-state index contributed by atoms with van der Waals surface area (Å²) in [5, 5.41) is 35.9. The summed E-state index contributed by atoms with van der Waals surface area (Å²) in [6.45, 7) is -0.798. The van der Waals surface area contributed by atoms with E-state index in [0.717, 1.165) is 30.6 Å². The number of rotatable bonds is 13. The second-order valence-electron chi connectivity index (χ2n) is 18.3. The zero-order chi connectivity index (χ0) is 48.8. The summed E-state index contributed by atoms with van der Waals surface area (Å²) in [4.78, 5) is 65.1. The van der Waals surface area contributed by atoms with Crippen molar-refractivity contribution in [3.05, 3.63) is 167 Å². The smallest absolute Gasteiger partial charge is 0.421 e. The molecule has 70 heavy (non-hydrogen) atoms. The number of cyclic esters (lactones) is 1. The number of nitrogens with one attached hydrogen (secondary N) is 1. The summed E-state index contributed by atoms with van der Waals surface area (Å²) in [7, 11) is 1.45. The van der Waals surface area contributed by atoms with Gasteiger partial charge in [0, 0.05) is 19.2 Å². The lowest BCUT2D eigenvalue weighted by molar-refractivity contribution is -0.178. The Hall–Kier alpha value is -6.86. The number of imide groups is 1. The first-order valence-electron chi connectivity index (χ1n) is 23.9. The molecule has 1 aliphatic carbocycles. The van der Waals surface area contributed by atoms with Gasteiger partial charge in [-0.05, 0) is 83.8 Å². The molecule has 4 N–H and O–H groups in total. The van der Waals surface area contributed by atoms with Crippen LogP contribution >= 0.6 is 0 Å². The summed E-state index contributed by atoms with van der Waals surface area (Å²) < 4.78 is 23.5. The SMILES string of the molecule is COCCOC(=O)N1C(=O)C2(c3cc(C#CC4(O)CCCCCC4)ccc31)C(C(=O)NCC(O)c1ccccc1)C1C(=O)OC(c3ccccc3)C(c3ccccc3)N1C2c1cccc(OCCO)c1. The van der Waals surface area contributed by atoms with E-state index in [-0.39, 0.29) is 44.2 Å². The molecule has 3 heterocycles. The molecule has 7 unspecified atom stereocenters. The minimum Gasteiger partial charge on any atom is -0.491 e. The van der Waals surface area contributed by atoms with Crippen LogP contribution in [0.1, 0.15) is 96.2 Å². The average molecular weight is 948 g/mol. The van der Waals surface area contributed by atoms with Crippen LogP contribution in [0.15, 0.2) is 133 Å². The van der Waals surface area contributed by atoms with Crippen molar-refractivity contribution in [1.82, 2.24) is 10.2 Å². The van der Waals surface area contributed by atoms with Crippen molar-refractivity contribution in [2.75, 3.05) is 45.0 Å². The molecule has 14 heteroatoms. The van der Waals surface area contributed by atoms with Crippen molar-refractivity contribution in [3.63, 3.8) is 0 Å². The zero-order valence-corrected chi connectivity index (χ0v) is 38.9. The fraction of sp³-hybridized carbons (Fsp3) is 0.357. The summed E-state index contributed by atoms with van der Waals surface area (Å²) in [6.07, 6.45) is 1.40. The third-order valence-corrected chi connectivity index (χ3v) is 14.0. The van der Waals surface area contributed by atoms with Gasteiger partial charge < -0.3 is 39.6 Å². The van der Waals surface area contributed by atoms with Crippen LogP contribution in [0.2, 0.25) is 0 Å². The molecule has 5 aromatic rings. The Bertz CT molecular complexity index is 2740. The van der Waals surface area contributed by atoms with Crippen LogP contribution in [0.5, 0.6) is 5.75 Å². The lowest BCUT2D eigenvalue weighted by atomic mass is 9.65. The molecule has 5 aromatic carbocycles. The molecule has 2 saturated heterocycles. The molecule has 7 atom stereocenters. The van der Waals surface area contributed by atoms with Crippen molar-refractivity contribution in [3.8, 4) is 17.6 Å². The number of fused-ring (bicyclic) bond motifs is 3. The lowest BCUT2D eigenvalue weighted by Gasteiger charge is -2.46. The van der Waals surface area contributed by atoms with Crippen molar-refractivity contribution >= 4 is 29.6 Å². The second-order valence-corrected chi connectivity index (χ2v) is 18.3. The van der Waals surface area contributed by atoms with Gasteiger partial charge in [0.1, 0.15) is 42.1 Å². The highest BCUT2D eigenvalue weighted by molar-refractivity contribution is 6.23. The number of amides is 3. The largest absolute Gasteiger partial charge is 0.491 e. The number of nitrogens with zero attached hydrogens (tertiary/aromatic N) is 2. The number of methoxy groups -OCH3 is 1. The molecule has 0 bridgehead atoms. The van der Waals surface area contributed by atoms with E-state index in [1.54, 1.807) is 72.8 Å². The fourth-order valence-electron chi connectivity index (χ4n) is 10.9. The van der Waals surface area contributed by atoms with E-state index in [4.69, 9.17) is 18.9 Å². The van der Waals surface area contributed by atoms with E-state index in [0.29, 0.717) is 46.4 Å². The number of ether oxygens (including phenoxy) is 4. The lowest BCUT2D eigenvalue weighted by Crippen LogP contribution is -2.56. The van der Waals surface area contributed by atoms with Crippen molar-refractivity contribution in [1.29, 1.82) is 0 Å². The first-order chi connectivity index (χ1) is 34.1. The third kappa shape index (κ3) is 9.19. The van der Waals surface area contributed by atoms with Crippen LogP contribution in [-0.2, 0) is 34.0 Å². The van der Waals surface area contributed by atoms with Gasteiger partial charge in [-0.1, -0.05) is 128 Å². The molecular formula is C56H57N3O11. The van der Waals surface area contributed by atoms with Crippen molar-refractivity contribution in [2.24, 2.45) is 5.92 Å². The molecular weight excluding hydrogens is 891 g/mol. The summed E-state index contributed by atoms with van der Waals surface area (Å²) in [6, 6.07) is 35.7. The van der Waals surface area contributed by atoms with Crippen LogP contribution in [0.3, 0.4) is 0 Å². The van der Waals surface area contributed by atoms with Crippen LogP contribution in [0.25, 0.3) is 0 Å². The predicted molar refractivity (Wildman–Crippen MR) is 258 cm³/mol. The number of benzene rings is 5. The number of carbonyl (C=O) groups is 4. The molecule has 3 amide bonds. The topological polar surface area (TPSA) is 184 Å². The van der Waals surface area contributed by atoms with Gasteiger partial charge in [-0.2, -0.15) is 0 Å². The number of morpholine rings is 1. The zero-order valence-electron chi connectivity index (χ0n) is 38.9. The summed E-state index contributed by atoms with van der Waals surface area (Å²) in [5.74, 6) is 2.63. The second kappa shape index (κ2) is 21.0. The normalized spacial score (nSPS) is 24.1. The fourth-order valence-corrected chi connectivity index (χ4v) is 10.9. The Morgan fingerprint density at radius 2 is 1.47 bits per heavy atom. The molecule has 0 radical (unpaired) electrons.